The summed E-state index contributed by atoms with van der Waals surface area (Å²) in [6.45, 7) is 0.490. The van der Waals surface area contributed by atoms with E-state index in [1.807, 2.05) is 0 Å². The minimum Gasteiger partial charge on any atom is -0.480 e. The predicted octanol–water partition coefficient (Wildman–Crippen LogP) is -1.00. The van der Waals surface area contributed by atoms with E-state index in [9.17, 15) is 4.79 Å². The second-order valence-electron chi connectivity index (χ2n) is 3.51. The number of hydrogen-bond donors (Lipinski definition) is 3. The number of carbonyl (C=O) groups is 1. The second-order valence-corrected chi connectivity index (χ2v) is 3.51. The zero-order chi connectivity index (χ0) is 10.1. The van der Waals surface area contributed by atoms with Gasteiger partial charge in [-0.3, -0.25) is 15.1 Å². The molecule has 0 radical (unpaired) electrons. The first-order valence-electron chi connectivity index (χ1n) is 4.69. The lowest BCUT2D eigenvalue weighted by Gasteiger charge is -2.33. The molecule has 2 aliphatic heterocycles. The molecule has 0 spiro atoms. The molecule has 0 amide bonds. The number of carboxylic acids is 1. The number of aliphatic imine (C=N–C) groups is 1. The average molecular weight is 198 g/mol. The first-order valence-corrected chi connectivity index (χ1v) is 4.69. The first kappa shape index (κ1) is 9.42. The summed E-state index contributed by atoms with van der Waals surface area (Å²) in [5.74, 6) is 0.0565. The van der Waals surface area contributed by atoms with Gasteiger partial charge in [0.15, 0.2) is 0 Å². The lowest BCUT2D eigenvalue weighted by molar-refractivity contribution is -0.143. The van der Waals surface area contributed by atoms with Crippen LogP contribution in [0.4, 0.5) is 0 Å². The van der Waals surface area contributed by atoms with Gasteiger partial charge in [-0.25, -0.2) is 0 Å². The Morgan fingerprint density at radius 3 is 3.14 bits per heavy atom. The molecule has 2 fully saturated rings. The Morgan fingerprint density at radius 2 is 2.50 bits per heavy atom. The van der Waals surface area contributed by atoms with Crippen LogP contribution in [-0.2, 0) is 4.79 Å². The molecule has 2 atom stereocenters. The lowest BCUT2D eigenvalue weighted by atomic mass is 10.2. The summed E-state index contributed by atoms with van der Waals surface area (Å²) in [5.41, 5.74) is 3.04. The van der Waals surface area contributed by atoms with Gasteiger partial charge in [0.2, 0.25) is 0 Å². The van der Waals surface area contributed by atoms with Crippen molar-refractivity contribution in [1.29, 1.82) is 0 Å². The largest absolute Gasteiger partial charge is 0.480 e. The number of amidine groups is 1. The smallest absolute Gasteiger partial charge is 0.324 e. The Balaban J connectivity index is 2.11. The van der Waals surface area contributed by atoms with E-state index in [1.54, 1.807) is 12.1 Å². The van der Waals surface area contributed by atoms with Crippen molar-refractivity contribution in [3.63, 3.8) is 0 Å². The van der Waals surface area contributed by atoms with Gasteiger partial charge in [-0.2, -0.15) is 5.01 Å². The van der Waals surface area contributed by atoms with Crippen molar-refractivity contribution in [3.8, 4) is 0 Å². The highest BCUT2D eigenvalue weighted by atomic mass is 16.4. The second kappa shape index (κ2) is 3.55. The number of rotatable bonds is 1. The van der Waals surface area contributed by atoms with Crippen LogP contribution in [0, 0.1) is 0 Å². The predicted molar refractivity (Wildman–Crippen MR) is 50.8 cm³/mol. The molecule has 14 heavy (non-hydrogen) atoms. The molecular formula is C8H14N4O2. The fourth-order valence-electron chi connectivity index (χ4n) is 1.91. The van der Waals surface area contributed by atoms with Crippen LogP contribution < -0.4 is 10.7 Å². The van der Waals surface area contributed by atoms with Crippen LogP contribution in [0.1, 0.15) is 12.8 Å². The number of nitrogens with one attached hydrogen (secondary N) is 2. The molecule has 78 valence electrons. The monoisotopic (exact) mass is 198 g/mol. The molecular weight excluding hydrogens is 184 g/mol. The van der Waals surface area contributed by atoms with E-state index in [4.69, 9.17) is 5.11 Å². The highest BCUT2D eigenvalue weighted by Gasteiger charge is 2.40. The van der Waals surface area contributed by atoms with E-state index in [0.717, 1.165) is 18.7 Å². The first-order chi connectivity index (χ1) is 6.72. The number of carboxylic acid groups (broad SMARTS) is 1. The summed E-state index contributed by atoms with van der Waals surface area (Å²) in [6, 6.07) is -0.489. The van der Waals surface area contributed by atoms with E-state index >= 15 is 0 Å². The highest BCUT2D eigenvalue weighted by molar-refractivity contribution is 5.83. The summed E-state index contributed by atoms with van der Waals surface area (Å²) >= 11 is 0. The third-order valence-electron chi connectivity index (χ3n) is 2.69. The van der Waals surface area contributed by atoms with E-state index in [-0.39, 0.29) is 6.17 Å². The van der Waals surface area contributed by atoms with Crippen LogP contribution in [0.2, 0.25) is 0 Å². The van der Waals surface area contributed by atoms with Crippen molar-refractivity contribution in [1.82, 2.24) is 15.8 Å². The van der Waals surface area contributed by atoms with Gasteiger partial charge in [-0.05, 0) is 6.42 Å². The van der Waals surface area contributed by atoms with Crippen molar-refractivity contribution >= 4 is 11.8 Å². The fraction of sp³-hybridized carbons (Fsp3) is 0.750. The Kier molecular flexibility index (Phi) is 2.39. The number of nitrogens with zero attached hydrogens (tertiary/aromatic N) is 2. The Labute approximate surface area is 82.0 Å². The van der Waals surface area contributed by atoms with Gasteiger partial charge >= 0.3 is 5.97 Å². The topological polar surface area (TPSA) is 77.0 Å². The van der Waals surface area contributed by atoms with Crippen molar-refractivity contribution in [2.75, 3.05) is 13.6 Å². The molecule has 0 aromatic rings. The maximum atomic E-state index is 10.9. The number of hydrazine groups is 1. The van der Waals surface area contributed by atoms with E-state index in [0.29, 0.717) is 6.54 Å². The third kappa shape index (κ3) is 1.46. The minimum absolute atomic E-state index is 0.126. The molecule has 2 rings (SSSR count). The average Bonchev–Trinajstić information content (AvgIpc) is 2.59. The number of hydrogen-bond acceptors (Lipinski definition) is 4. The maximum absolute atomic E-state index is 10.9. The van der Waals surface area contributed by atoms with Crippen molar-refractivity contribution in [3.05, 3.63) is 0 Å². The van der Waals surface area contributed by atoms with Gasteiger partial charge < -0.3 is 10.5 Å². The SMILES string of the molecule is CN=C1CCC2NCC(C(=O)O)N2N1. The molecule has 2 unspecified atom stereocenters. The van der Waals surface area contributed by atoms with Crippen LogP contribution in [-0.4, -0.2) is 47.7 Å². The van der Waals surface area contributed by atoms with Gasteiger partial charge in [-0.1, -0.05) is 0 Å². The van der Waals surface area contributed by atoms with E-state index in [1.165, 1.54) is 0 Å². The molecule has 0 bridgehead atoms. The van der Waals surface area contributed by atoms with Crippen molar-refractivity contribution in [2.24, 2.45) is 4.99 Å². The Hall–Kier alpha value is -1.14. The Morgan fingerprint density at radius 1 is 1.71 bits per heavy atom. The summed E-state index contributed by atoms with van der Waals surface area (Å²) < 4.78 is 0. The van der Waals surface area contributed by atoms with Gasteiger partial charge in [0, 0.05) is 20.0 Å². The van der Waals surface area contributed by atoms with Crippen LogP contribution in [0.15, 0.2) is 4.99 Å². The quantitative estimate of drug-likeness (QED) is 0.503. The zero-order valence-electron chi connectivity index (χ0n) is 8.03. The maximum Gasteiger partial charge on any atom is 0.324 e. The highest BCUT2D eigenvalue weighted by Crippen LogP contribution is 2.17. The summed E-state index contributed by atoms with van der Waals surface area (Å²) in [5, 5.41) is 13.9. The molecule has 2 aliphatic rings. The number of aliphatic carboxylic acids is 1. The van der Waals surface area contributed by atoms with Crippen LogP contribution in [0.25, 0.3) is 0 Å². The van der Waals surface area contributed by atoms with E-state index in [2.05, 4.69) is 15.7 Å². The standard InChI is InChI=1S/C8H14N4O2/c1-9-6-2-3-7-10-4-5(8(13)14)12(7)11-6/h5,7,10H,2-4H2,1H3,(H,9,11)(H,13,14). The number of fused-ring (bicyclic) bond motifs is 1. The Bertz CT molecular complexity index is 279. The summed E-state index contributed by atoms with van der Waals surface area (Å²) in [6.07, 6.45) is 1.90. The molecule has 0 aromatic heterocycles. The van der Waals surface area contributed by atoms with Crippen LogP contribution >= 0.6 is 0 Å². The van der Waals surface area contributed by atoms with Crippen molar-refractivity contribution < 1.29 is 9.90 Å². The normalized spacial score (nSPS) is 35.4. The zero-order valence-corrected chi connectivity index (χ0v) is 8.03. The molecule has 6 nitrogen and oxygen atoms in total. The van der Waals surface area contributed by atoms with Gasteiger partial charge in [0.05, 0.1) is 6.17 Å². The molecule has 3 N–H and O–H groups in total. The van der Waals surface area contributed by atoms with Gasteiger partial charge in [0.25, 0.3) is 0 Å². The summed E-state index contributed by atoms with van der Waals surface area (Å²) in [7, 11) is 1.71. The van der Waals surface area contributed by atoms with Gasteiger partial charge in [0.1, 0.15) is 11.9 Å². The lowest BCUT2D eigenvalue weighted by Crippen LogP contribution is -2.56. The van der Waals surface area contributed by atoms with Crippen LogP contribution in [0.5, 0.6) is 0 Å². The van der Waals surface area contributed by atoms with E-state index < -0.39 is 12.0 Å². The van der Waals surface area contributed by atoms with Crippen LogP contribution in [0.3, 0.4) is 0 Å². The van der Waals surface area contributed by atoms with Gasteiger partial charge in [-0.15, -0.1) is 0 Å². The molecule has 0 saturated carbocycles. The molecule has 6 heteroatoms. The molecule has 0 aliphatic carbocycles. The molecule has 2 heterocycles. The fourth-order valence-corrected chi connectivity index (χ4v) is 1.91. The van der Waals surface area contributed by atoms with Crippen molar-refractivity contribution in [2.45, 2.75) is 25.0 Å². The summed E-state index contributed by atoms with van der Waals surface area (Å²) in [4.78, 5) is 14.9. The molecule has 0 aromatic carbocycles. The minimum atomic E-state index is -0.801. The third-order valence-corrected chi connectivity index (χ3v) is 2.69. The molecule has 2 saturated heterocycles.